The zero-order valence-corrected chi connectivity index (χ0v) is 30.9. The second kappa shape index (κ2) is 15.1. The Morgan fingerprint density at radius 3 is 1.18 bits per heavy atom. The molecule has 0 amide bonds. The lowest BCUT2D eigenvalue weighted by Gasteiger charge is -2.10. The summed E-state index contributed by atoms with van der Waals surface area (Å²) < 4.78 is 19.7. The van der Waals surface area contributed by atoms with E-state index in [1.807, 2.05) is 91.0 Å². The van der Waals surface area contributed by atoms with Crippen molar-refractivity contribution in [1.82, 2.24) is 19.9 Å². The summed E-state index contributed by atoms with van der Waals surface area (Å²) in [6.07, 6.45) is 0. The molecule has 1 unspecified atom stereocenters. The van der Waals surface area contributed by atoms with E-state index in [1.54, 1.807) is 36.4 Å². The molecule has 9 rings (SSSR count). The third kappa shape index (κ3) is 7.29. The van der Waals surface area contributed by atoms with Crippen LogP contribution in [0.1, 0.15) is 0 Å². The lowest BCUT2D eigenvalue weighted by atomic mass is 10.0. The normalized spacial score (nSPS) is 12.1. The number of fused-ring (bicyclic) bond motifs is 6. The Bertz CT molecular complexity index is 2950. The first-order valence-corrected chi connectivity index (χ1v) is 19.6. The van der Waals surface area contributed by atoms with Gasteiger partial charge in [-0.25, -0.2) is 19.9 Å². The monoisotopic (exact) mass is 778 g/mol. The molecule has 9 aromatic rings. The third-order valence-corrected chi connectivity index (χ3v) is 9.64. The van der Waals surface area contributed by atoms with Crippen molar-refractivity contribution >= 4 is 60.5 Å². The highest BCUT2D eigenvalue weighted by atomic mass is 31.2. The summed E-state index contributed by atoms with van der Waals surface area (Å²) in [5.41, 5.74) is 9.65. The predicted octanol–water partition coefficient (Wildman–Crippen LogP) is 9.76. The van der Waals surface area contributed by atoms with Crippen LogP contribution in [-0.2, 0) is 13.9 Å². The fourth-order valence-electron chi connectivity index (χ4n) is 6.54. The number of pyridine rings is 4. The van der Waals surface area contributed by atoms with Crippen molar-refractivity contribution < 1.29 is 38.4 Å². The number of hydrogen-bond acceptors (Lipinski definition) is 11. The van der Waals surface area contributed by atoms with Crippen molar-refractivity contribution in [2.75, 3.05) is 0 Å². The van der Waals surface area contributed by atoms with E-state index in [1.165, 1.54) is 0 Å². The average Bonchev–Trinajstić information content (AvgIpc) is 3.24. The number of rotatable bonds is 10. The van der Waals surface area contributed by atoms with Gasteiger partial charge < -0.3 is 24.5 Å². The third-order valence-electron chi connectivity index (χ3n) is 9.20. The Morgan fingerprint density at radius 2 is 0.804 bits per heavy atom. The summed E-state index contributed by atoms with van der Waals surface area (Å²) in [4.78, 5) is 56.9. The zero-order chi connectivity index (χ0) is 38.2. The van der Waals surface area contributed by atoms with Crippen molar-refractivity contribution in [1.29, 1.82) is 0 Å². The summed E-state index contributed by atoms with van der Waals surface area (Å²) in [5.74, 6) is 0.621. The van der Waals surface area contributed by atoms with Crippen molar-refractivity contribution in [2.45, 2.75) is 0 Å². The van der Waals surface area contributed by atoms with Crippen molar-refractivity contribution in [3.63, 3.8) is 0 Å². The lowest BCUT2D eigenvalue weighted by Crippen LogP contribution is -1.93. The van der Waals surface area contributed by atoms with Crippen molar-refractivity contribution in [3.8, 4) is 56.5 Å². The molecular weight excluding hydrogens is 750 g/mol. The Labute approximate surface area is 320 Å². The molecule has 14 heteroatoms. The molecule has 56 heavy (non-hydrogen) atoms. The molecule has 0 saturated carbocycles. The van der Waals surface area contributed by atoms with E-state index in [0.29, 0.717) is 11.5 Å². The van der Waals surface area contributed by atoms with E-state index in [4.69, 9.17) is 44.4 Å². The van der Waals surface area contributed by atoms with Gasteiger partial charge in [-0.1, -0.05) is 66.7 Å². The second-order valence-corrected chi connectivity index (χ2v) is 14.0. The molecule has 0 spiro atoms. The fourth-order valence-corrected chi connectivity index (χ4v) is 6.86. The van der Waals surface area contributed by atoms with Crippen molar-refractivity contribution in [2.24, 2.45) is 0 Å². The average molecular weight is 779 g/mol. The van der Waals surface area contributed by atoms with Gasteiger partial charge in [0.1, 0.15) is 0 Å². The number of nitrogens with zero attached hydrogens (tertiary/aromatic N) is 4. The summed E-state index contributed by atoms with van der Waals surface area (Å²) in [6.45, 7) is 0. The molecule has 12 nitrogen and oxygen atoms in total. The maximum Gasteiger partial charge on any atom is 0.370 e. The van der Waals surface area contributed by atoms with Gasteiger partial charge in [-0.2, -0.15) is 0 Å². The standard InChI is InChI=1S/C42H28N4O8P2/c47-55(48)53-51-33-16-8-25(9-17-33)35-20-12-27-4-6-29-14-22-37(45-41(29)39(27)43-35)31-2-1-3-32(24-31)38-23-15-30-7-5-28-13-21-36(44-40(28)42(30)46-38)26-10-18-34(19-11-26)52-54-56(49)50/h1-24,47-48,56H,(H,49,50). The van der Waals surface area contributed by atoms with Crippen LogP contribution in [-0.4, -0.2) is 34.6 Å². The van der Waals surface area contributed by atoms with Crippen LogP contribution in [0.4, 0.5) is 0 Å². The van der Waals surface area contributed by atoms with Gasteiger partial charge in [0.25, 0.3) is 0 Å². The van der Waals surface area contributed by atoms with Gasteiger partial charge in [0.15, 0.2) is 11.5 Å². The Hall–Kier alpha value is -6.20. The molecule has 0 saturated heterocycles. The maximum atomic E-state index is 10.9. The molecule has 0 aliphatic heterocycles. The van der Waals surface area contributed by atoms with Gasteiger partial charge in [0.2, 0.25) is 0 Å². The largest absolute Gasteiger partial charge is 0.370 e. The summed E-state index contributed by atoms with van der Waals surface area (Å²) in [5, 5.41) is 3.82. The SMILES string of the molecule is O=[PH](O)OOc1ccc(-c2ccc3ccc4ccc(-c5cccc(-c6ccc7ccc8ccc(-c9ccc(OOP(O)O)cc9)nc8c7n6)c5)nc4c3n2)cc1. The van der Waals surface area contributed by atoms with Gasteiger partial charge in [0.05, 0.1) is 44.8 Å². The van der Waals surface area contributed by atoms with Gasteiger partial charge >= 0.3 is 16.9 Å². The molecule has 4 heterocycles. The maximum absolute atomic E-state index is 10.9. The number of aromatic nitrogens is 4. The fraction of sp³-hybridized carbons (Fsp3) is 0. The molecule has 0 aliphatic carbocycles. The highest BCUT2D eigenvalue weighted by Gasteiger charge is 2.13. The predicted molar refractivity (Wildman–Crippen MR) is 215 cm³/mol. The molecule has 0 aliphatic rings. The van der Waals surface area contributed by atoms with Crippen LogP contribution >= 0.6 is 16.9 Å². The number of benzene rings is 5. The Balaban J connectivity index is 1.05. The van der Waals surface area contributed by atoms with Crippen LogP contribution in [0.3, 0.4) is 0 Å². The molecular formula is C42H28N4O8P2. The molecule has 0 radical (unpaired) electrons. The van der Waals surface area contributed by atoms with Gasteiger partial charge in [-0.05, 0) is 78.9 Å². The topological polar surface area (TPSA) is 166 Å². The first kappa shape index (κ1) is 35.5. The highest BCUT2D eigenvalue weighted by Crippen LogP contribution is 2.34. The number of hydrogen-bond donors (Lipinski definition) is 3. The van der Waals surface area contributed by atoms with Gasteiger partial charge in [-0.3, -0.25) is 4.57 Å². The van der Waals surface area contributed by atoms with Crippen LogP contribution < -0.4 is 9.78 Å². The minimum Gasteiger partial charge on any atom is -0.329 e. The Kier molecular flexibility index (Phi) is 9.60. The van der Waals surface area contributed by atoms with Crippen molar-refractivity contribution in [3.05, 3.63) is 146 Å². The Morgan fingerprint density at radius 1 is 0.446 bits per heavy atom. The van der Waals surface area contributed by atoms with Crippen LogP contribution in [0.5, 0.6) is 11.5 Å². The quantitative estimate of drug-likeness (QED) is 0.0521. The second-order valence-electron chi connectivity index (χ2n) is 12.7. The molecule has 3 N–H and O–H groups in total. The van der Waals surface area contributed by atoms with E-state index < -0.39 is 16.9 Å². The van der Waals surface area contributed by atoms with Crippen LogP contribution in [0.25, 0.3) is 88.6 Å². The molecule has 0 bridgehead atoms. The van der Waals surface area contributed by atoms with Gasteiger partial charge in [0, 0.05) is 43.8 Å². The highest BCUT2D eigenvalue weighted by molar-refractivity contribution is 7.39. The van der Waals surface area contributed by atoms with Gasteiger partial charge in [-0.15, -0.1) is 9.35 Å². The van der Waals surface area contributed by atoms with Crippen LogP contribution in [0.2, 0.25) is 0 Å². The molecule has 5 aromatic carbocycles. The van der Waals surface area contributed by atoms with E-state index in [9.17, 15) is 4.57 Å². The summed E-state index contributed by atoms with van der Waals surface area (Å²) >= 11 is 0. The first-order valence-electron chi connectivity index (χ1n) is 17.2. The smallest absolute Gasteiger partial charge is 0.329 e. The summed E-state index contributed by atoms with van der Waals surface area (Å²) in [7, 11) is -5.85. The van der Waals surface area contributed by atoms with Crippen LogP contribution in [0.15, 0.2) is 146 Å². The minimum atomic E-state index is -3.22. The molecule has 274 valence electrons. The zero-order valence-electron chi connectivity index (χ0n) is 29.0. The van der Waals surface area contributed by atoms with E-state index in [0.717, 1.165) is 88.6 Å². The lowest BCUT2D eigenvalue weighted by molar-refractivity contribution is -0.109. The van der Waals surface area contributed by atoms with E-state index >= 15 is 0 Å². The first-order chi connectivity index (χ1) is 27.3. The van der Waals surface area contributed by atoms with Crippen LogP contribution in [0, 0.1) is 0 Å². The summed E-state index contributed by atoms with van der Waals surface area (Å²) in [6, 6.07) is 46.2. The molecule has 0 fully saturated rings. The van der Waals surface area contributed by atoms with E-state index in [2.05, 4.69) is 27.5 Å². The molecule has 1 atom stereocenters. The van der Waals surface area contributed by atoms with E-state index in [-0.39, 0.29) is 0 Å². The minimum absolute atomic E-state index is 0.296. The molecule has 4 aromatic heterocycles.